The second-order valence-corrected chi connectivity index (χ2v) is 4.01. The second kappa shape index (κ2) is 6.30. The summed E-state index contributed by atoms with van der Waals surface area (Å²) in [5.74, 6) is -1.07. The average Bonchev–Trinajstić information content (AvgIpc) is 2.34. The number of aliphatic hydroxyl groups is 1. The summed E-state index contributed by atoms with van der Waals surface area (Å²) >= 11 is 0. The molecule has 0 radical (unpaired) electrons. The van der Waals surface area contributed by atoms with E-state index in [9.17, 15) is 14.3 Å². The van der Waals surface area contributed by atoms with Gasteiger partial charge in [-0.15, -0.1) is 0 Å². The van der Waals surface area contributed by atoms with E-state index >= 15 is 0 Å². The highest BCUT2D eigenvalue weighted by molar-refractivity contribution is 5.92. The standard InChI is InChI=1S/C12H17FN2O2/c1-3-8(2)10(16)7-14-12(17)9-5-4-6-11(13)15-9/h4-6,8,10,16H,3,7H2,1-2H3,(H,14,17). The van der Waals surface area contributed by atoms with Gasteiger partial charge in [0.05, 0.1) is 6.10 Å². The Morgan fingerprint density at radius 3 is 2.88 bits per heavy atom. The number of amides is 1. The molecule has 1 aromatic rings. The number of hydrogen-bond donors (Lipinski definition) is 2. The van der Waals surface area contributed by atoms with Gasteiger partial charge in [-0.3, -0.25) is 4.79 Å². The summed E-state index contributed by atoms with van der Waals surface area (Å²) in [6.45, 7) is 4.01. The molecule has 0 fully saturated rings. The Kier molecular flexibility index (Phi) is 5.03. The molecular formula is C12H17FN2O2. The van der Waals surface area contributed by atoms with Gasteiger partial charge in [0.2, 0.25) is 5.95 Å². The van der Waals surface area contributed by atoms with Gasteiger partial charge in [-0.25, -0.2) is 4.98 Å². The van der Waals surface area contributed by atoms with Gasteiger partial charge in [0.15, 0.2) is 0 Å². The van der Waals surface area contributed by atoms with Crippen molar-refractivity contribution in [2.75, 3.05) is 6.54 Å². The van der Waals surface area contributed by atoms with Crippen LogP contribution in [0.5, 0.6) is 0 Å². The van der Waals surface area contributed by atoms with Gasteiger partial charge in [-0.1, -0.05) is 26.3 Å². The van der Waals surface area contributed by atoms with E-state index in [0.717, 1.165) is 6.42 Å². The van der Waals surface area contributed by atoms with Crippen LogP contribution < -0.4 is 5.32 Å². The number of nitrogens with one attached hydrogen (secondary N) is 1. The maximum absolute atomic E-state index is 12.8. The fraction of sp³-hybridized carbons (Fsp3) is 0.500. The molecule has 0 saturated heterocycles. The van der Waals surface area contributed by atoms with E-state index in [-0.39, 0.29) is 18.2 Å². The van der Waals surface area contributed by atoms with Crippen LogP contribution in [0.1, 0.15) is 30.8 Å². The van der Waals surface area contributed by atoms with Crippen molar-refractivity contribution in [3.05, 3.63) is 29.8 Å². The molecule has 2 N–H and O–H groups in total. The first-order valence-electron chi connectivity index (χ1n) is 5.63. The Hall–Kier alpha value is -1.49. The lowest BCUT2D eigenvalue weighted by Crippen LogP contribution is -2.35. The molecule has 17 heavy (non-hydrogen) atoms. The number of rotatable bonds is 5. The van der Waals surface area contributed by atoms with E-state index in [2.05, 4.69) is 10.3 Å². The summed E-state index contributed by atoms with van der Waals surface area (Å²) in [5.41, 5.74) is 0.0151. The van der Waals surface area contributed by atoms with Crippen LogP contribution in [0, 0.1) is 11.9 Å². The molecule has 0 aliphatic rings. The molecule has 0 aliphatic carbocycles. The van der Waals surface area contributed by atoms with Crippen molar-refractivity contribution < 1.29 is 14.3 Å². The molecule has 2 unspecified atom stereocenters. The average molecular weight is 240 g/mol. The summed E-state index contributed by atoms with van der Waals surface area (Å²) in [6.07, 6.45) is 0.229. The molecule has 5 heteroatoms. The van der Waals surface area contributed by atoms with Crippen molar-refractivity contribution in [1.29, 1.82) is 0 Å². The third kappa shape index (κ3) is 4.11. The van der Waals surface area contributed by atoms with Crippen molar-refractivity contribution in [3.63, 3.8) is 0 Å². The summed E-state index contributed by atoms with van der Waals surface area (Å²) in [7, 11) is 0. The molecule has 4 nitrogen and oxygen atoms in total. The third-order valence-electron chi connectivity index (χ3n) is 2.72. The number of aliphatic hydroxyl groups excluding tert-OH is 1. The number of halogens is 1. The zero-order valence-corrected chi connectivity index (χ0v) is 9.98. The van der Waals surface area contributed by atoms with Crippen molar-refractivity contribution >= 4 is 5.91 Å². The first kappa shape index (κ1) is 13.6. The van der Waals surface area contributed by atoms with Gasteiger partial charge < -0.3 is 10.4 Å². The zero-order chi connectivity index (χ0) is 12.8. The molecule has 2 atom stereocenters. The lowest BCUT2D eigenvalue weighted by molar-refractivity contribution is 0.0845. The normalized spacial score (nSPS) is 14.1. The highest BCUT2D eigenvalue weighted by Crippen LogP contribution is 2.06. The van der Waals surface area contributed by atoms with Crippen molar-refractivity contribution in [3.8, 4) is 0 Å². The lowest BCUT2D eigenvalue weighted by Gasteiger charge is -2.17. The van der Waals surface area contributed by atoms with E-state index in [1.807, 2.05) is 13.8 Å². The maximum atomic E-state index is 12.8. The minimum atomic E-state index is -0.694. The Labute approximate surface area is 99.9 Å². The molecule has 0 aliphatic heterocycles. The zero-order valence-electron chi connectivity index (χ0n) is 9.98. The summed E-state index contributed by atoms with van der Waals surface area (Å²) < 4.78 is 12.8. The van der Waals surface area contributed by atoms with E-state index in [1.165, 1.54) is 18.2 Å². The summed E-state index contributed by atoms with van der Waals surface area (Å²) in [4.78, 5) is 15.0. The quantitative estimate of drug-likeness (QED) is 0.764. The second-order valence-electron chi connectivity index (χ2n) is 4.01. The van der Waals surface area contributed by atoms with Crippen LogP contribution in [0.25, 0.3) is 0 Å². The van der Waals surface area contributed by atoms with Gasteiger partial charge in [-0.05, 0) is 18.1 Å². The molecule has 94 valence electrons. The van der Waals surface area contributed by atoms with Crippen LogP contribution in [0.4, 0.5) is 4.39 Å². The molecule has 0 aromatic carbocycles. The molecular weight excluding hydrogens is 223 g/mol. The fourth-order valence-corrected chi connectivity index (χ4v) is 1.30. The highest BCUT2D eigenvalue weighted by Gasteiger charge is 2.14. The number of aromatic nitrogens is 1. The Balaban J connectivity index is 2.50. The maximum Gasteiger partial charge on any atom is 0.270 e. The lowest BCUT2D eigenvalue weighted by atomic mass is 10.0. The van der Waals surface area contributed by atoms with Crippen LogP contribution in [0.2, 0.25) is 0 Å². The van der Waals surface area contributed by atoms with E-state index in [1.54, 1.807) is 0 Å². The Morgan fingerprint density at radius 2 is 2.29 bits per heavy atom. The minimum Gasteiger partial charge on any atom is -0.391 e. The predicted octanol–water partition coefficient (Wildman–Crippen LogP) is 1.36. The monoisotopic (exact) mass is 240 g/mol. The molecule has 1 aromatic heterocycles. The van der Waals surface area contributed by atoms with Crippen molar-refractivity contribution in [2.45, 2.75) is 26.4 Å². The van der Waals surface area contributed by atoms with Crippen molar-refractivity contribution in [1.82, 2.24) is 10.3 Å². The van der Waals surface area contributed by atoms with Crippen molar-refractivity contribution in [2.24, 2.45) is 5.92 Å². The van der Waals surface area contributed by atoms with Gasteiger partial charge in [0.1, 0.15) is 5.69 Å². The summed E-state index contributed by atoms with van der Waals surface area (Å²) in [5, 5.41) is 12.2. The molecule has 1 rings (SSSR count). The molecule has 0 saturated carbocycles. The topological polar surface area (TPSA) is 62.2 Å². The smallest absolute Gasteiger partial charge is 0.270 e. The van der Waals surface area contributed by atoms with Gasteiger partial charge in [0.25, 0.3) is 5.91 Å². The SMILES string of the molecule is CCC(C)C(O)CNC(=O)c1cccc(F)n1. The summed E-state index contributed by atoms with van der Waals surface area (Å²) in [6, 6.07) is 4.02. The minimum absolute atomic E-state index is 0.0151. The Morgan fingerprint density at radius 1 is 1.59 bits per heavy atom. The van der Waals surface area contributed by atoms with E-state index < -0.39 is 18.0 Å². The number of nitrogens with zero attached hydrogens (tertiary/aromatic N) is 1. The number of carbonyl (C=O) groups excluding carboxylic acids is 1. The molecule has 0 spiro atoms. The van der Waals surface area contributed by atoms with Gasteiger partial charge >= 0.3 is 0 Å². The third-order valence-corrected chi connectivity index (χ3v) is 2.72. The number of hydrogen-bond acceptors (Lipinski definition) is 3. The van der Waals surface area contributed by atoms with Crippen LogP contribution in [0.15, 0.2) is 18.2 Å². The highest BCUT2D eigenvalue weighted by atomic mass is 19.1. The van der Waals surface area contributed by atoms with Crippen LogP contribution >= 0.6 is 0 Å². The Bertz CT molecular complexity index is 385. The first-order valence-corrected chi connectivity index (χ1v) is 5.63. The number of carbonyl (C=O) groups is 1. The van der Waals surface area contributed by atoms with Gasteiger partial charge in [0, 0.05) is 6.54 Å². The molecule has 1 heterocycles. The van der Waals surface area contributed by atoms with Gasteiger partial charge in [-0.2, -0.15) is 4.39 Å². The van der Waals surface area contributed by atoms with Crippen LogP contribution in [-0.2, 0) is 0 Å². The first-order chi connectivity index (χ1) is 8.04. The van der Waals surface area contributed by atoms with Crippen LogP contribution in [-0.4, -0.2) is 28.6 Å². The fourth-order valence-electron chi connectivity index (χ4n) is 1.30. The van der Waals surface area contributed by atoms with Crippen LogP contribution in [0.3, 0.4) is 0 Å². The molecule has 1 amide bonds. The largest absolute Gasteiger partial charge is 0.391 e. The van der Waals surface area contributed by atoms with E-state index in [4.69, 9.17) is 0 Å². The predicted molar refractivity (Wildman–Crippen MR) is 62.0 cm³/mol. The number of pyridine rings is 1. The van der Waals surface area contributed by atoms with E-state index in [0.29, 0.717) is 0 Å². The molecule has 0 bridgehead atoms.